The molecule has 0 aromatic heterocycles. The van der Waals surface area contributed by atoms with Gasteiger partial charge in [0.2, 0.25) is 0 Å². The molecule has 1 fully saturated rings. The summed E-state index contributed by atoms with van der Waals surface area (Å²) >= 11 is 0. The highest BCUT2D eigenvalue weighted by Crippen LogP contribution is 2.28. The lowest BCUT2D eigenvalue weighted by Crippen LogP contribution is -2.39. The van der Waals surface area contributed by atoms with Crippen molar-refractivity contribution in [1.82, 2.24) is 0 Å². The zero-order chi connectivity index (χ0) is 22.9. The first-order valence-corrected chi connectivity index (χ1v) is 11.1. The van der Waals surface area contributed by atoms with Gasteiger partial charge in [-0.2, -0.15) is 0 Å². The van der Waals surface area contributed by atoms with Crippen molar-refractivity contribution in [1.29, 1.82) is 0 Å². The van der Waals surface area contributed by atoms with Gasteiger partial charge in [-0.05, 0) is 43.0 Å². The third-order valence-corrected chi connectivity index (χ3v) is 5.54. The normalized spacial score (nSPS) is 19.0. The molecule has 0 radical (unpaired) electrons. The molecule has 170 valence electrons. The lowest BCUT2D eigenvalue weighted by molar-refractivity contribution is -0.123. The van der Waals surface area contributed by atoms with E-state index >= 15 is 0 Å². The minimum Gasteiger partial charge on any atom is -0.459 e. The average molecular weight is 439 g/mol. The molecule has 6 nitrogen and oxygen atoms in total. The molecule has 2 aromatic rings. The Morgan fingerprint density at radius 3 is 2.12 bits per heavy atom. The van der Waals surface area contributed by atoms with E-state index in [2.05, 4.69) is 13.8 Å². The van der Waals surface area contributed by atoms with Crippen LogP contribution in [0.25, 0.3) is 0 Å². The molecule has 1 aliphatic rings. The van der Waals surface area contributed by atoms with Gasteiger partial charge in [0.1, 0.15) is 25.4 Å². The van der Waals surface area contributed by atoms with Crippen LogP contribution in [0.3, 0.4) is 0 Å². The molecule has 3 rings (SSSR count). The van der Waals surface area contributed by atoms with Gasteiger partial charge in [-0.25, -0.2) is 9.59 Å². The molecule has 1 heterocycles. The fourth-order valence-corrected chi connectivity index (χ4v) is 3.83. The van der Waals surface area contributed by atoms with Crippen LogP contribution in [0.1, 0.15) is 53.8 Å². The van der Waals surface area contributed by atoms with Gasteiger partial charge < -0.3 is 14.2 Å². The minimum atomic E-state index is -0.668. The summed E-state index contributed by atoms with van der Waals surface area (Å²) in [4.78, 5) is 37.7. The number of carbonyl (C=O) groups is 3. The van der Waals surface area contributed by atoms with E-state index in [-0.39, 0.29) is 19.0 Å². The maximum atomic E-state index is 12.7. The number of ketones is 1. The average Bonchev–Trinajstić information content (AvgIpc) is 3.17. The van der Waals surface area contributed by atoms with Gasteiger partial charge in [0.25, 0.3) is 0 Å². The van der Waals surface area contributed by atoms with Crippen LogP contribution in [-0.4, -0.2) is 43.1 Å². The van der Waals surface area contributed by atoms with E-state index in [4.69, 9.17) is 14.2 Å². The summed E-state index contributed by atoms with van der Waals surface area (Å²) < 4.78 is 16.9. The summed E-state index contributed by atoms with van der Waals surface area (Å²) in [6.45, 7) is 4.09. The van der Waals surface area contributed by atoms with Crippen molar-refractivity contribution in [3.63, 3.8) is 0 Å². The number of benzene rings is 2. The van der Waals surface area contributed by atoms with Crippen LogP contribution in [-0.2, 0) is 19.0 Å². The summed E-state index contributed by atoms with van der Waals surface area (Å²) in [5.74, 6) is -1.26. The number of esters is 2. The predicted molar refractivity (Wildman–Crippen MR) is 119 cm³/mol. The zero-order valence-electron chi connectivity index (χ0n) is 18.6. The Morgan fingerprint density at radius 2 is 1.53 bits per heavy atom. The van der Waals surface area contributed by atoms with Crippen molar-refractivity contribution in [2.75, 3.05) is 13.2 Å². The number of rotatable bonds is 10. The monoisotopic (exact) mass is 438 g/mol. The van der Waals surface area contributed by atoms with E-state index in [9.17, 15) is 14.4 Å². The van der Waals surface area contributed by atoms with Crippen molar-refractivity contribution in [2.45, 2.75) is 45.3 Å². The largest absolute Gasteiger partial charge is 0.459 e. The smallest absolute Gasteiger partial charge is 0.338 e. The fraction of sp³-hybridized carbons (Fsp3) is 0.423. The van der Waals surface area contributed by atoms with Crippen molar-refractivity contribution >= 4 is 17.7 Å². The van der Waals surface area contributed by atoms with Crippen LogP contribution >= 0.6 is 0 Å². The van der Waals surface area contributed by atoms with Crippen LogP contribution in [0, 0.1) is 11.8 Å². The molecule has 0 bridgehead atoms. The second-order valence-corrected chi connectivity index (χ2v) is 8.44. The summed E-state index contributed by atoms with van der Waals surface area (Å²) in [5.41, 5.74) is 0.858. The molecule has 0 saturated carbocycles. The third kappa shape index (κ3) is 6.50. The standard InChI is InChI=1S/C26H30O6/c1-18(2)10-9-15-22(32-26(29)20-13-7-4-8-14-20)24-21(27)16-30-23(24)17-31-25(28)19-11-5-3-6-12-19/h3-8,11-14,18,22-24H,9-10,15-17H2,1-2H3. The Bertz CT molecular complexity index is 893. The second kappa shape index (κ2) is 11.6. The highest BCUT2D eigenvalue weighted by Gasteiger charge is 2.43. The molecule has 6 heteroatoms. The maximum Gasteiger partial charge on any atom is 0.338 e. The van der Waals surface area contributed by atoms with Crippen molar-refractivity contribution in [2.24, 2.45) is 11.8 Å². The van der Waals surface area contributed by atoms with Gasteiger partial charge >= 0.3 is 11.9 Å². The number of Topliss-reactive ketones (excluding diaryl/α,β-unsaturated/α-hetero) is 1. The number of hydrogen-bond donors (Lipinski definition) is 0. The Kier molecular flexibility index (Phi) is 8.56. The quantitative estimate of drug-likeness (QED) is 0.509. The van der Waals surface area contributed by atoms with Crippen molar-refractivity contribution in [3.8, 4) is 0 Å². The van der Waals surface area contributed by atoms with E-state index in [0.717, 1.165) is 12.8 Å². The van der Waals surface area contributed by atoms with Crippen molar-refractivity contribution < 1.29 is 28.6 Å². The lowest BCUT2D eigenvalue weighted by atomic mass is 9.89. The minimum absolute atomic E-state index is 0.0757. The molecular formula is C26H30O6. The van der Waals surface area contributed by atoms with Gasteiger partial charge in [0.15, 0.2) is 5.78 Å². The number of hydrogen-bond acceptors (Lipinski definition) is 6. The Labute approximate surface area is 188 Å². The highest BCUT2D eigenvalue weighted by atomic mass is 16.6. The van der Waals surface area contributed by atoms with E-state index in [0.29, 0.717) is 23.5 Å². The van der Waals surface area contributed by atoms with Crippen LogP contribution < -0.4 is 0 Å². The highest BCUT2D eigenvalue weighted by molar-refractivity contribution is 5.91. The summed E-state index contributed by atoms with van der Waals surface area (Å²) in [6, 6.07) is 17.4. The molecule has 3 atom stereocenters. The third-order valence-electron chi connectivity index (χ3n) is 5.54. The van der Waals surface area contributed by atoms with Gasteiger partial charge in [0.05, 0.1) is 17.0 Å². The topological polar surface area (TPSA) is 78.9 Å². The molecule has 2 aromatic carbocycles. The van der Waals surface area contributed by atoms with E-state index in [1.54, 1.807) is 48.5 Å². The molecule has 0 aliphatic carbocycles. The van der Waals surface area contributed by atoms with E-state index in [1.807, 2.05) is 12.1 Å². The van der Waals surface area contributed by atoms with Gasteiger partial charge in [0, 0.05) is 0 Å². The Balaban J connectivity index is 1.70. The summed E-state index contributed by atoms with van der Waals surface area (Å²) in [6.07, 6.45) is 1.01. The van der Waals surface area contributed by atoms with Crippen LogP contribution in [0.2, 0.25) is 0 Å². The fourth-order valence-electron chi connectivity index (χ4n) is 3.83. The Hall–Kier alpha value is -2.99. The molecule has 1 aliphatic heterocycles. The van der Waals surface area contributed by atoms with E-state index < -0.39 is 30.1 Å². The van der Waals surface area contributed by atoms with Crippen LogP contribution in [0.4, 0.5) is 0 Å². The molecule has 0 amide bonds. The predicted octanol–water partition coefficient (Wildman–Crippen LogP) is 4.48. The van der Waals surface area contributed by atoms with Gasteiger partial charge in [-0.1, -0.05) is 56.7 Å². The number of ether oxygens (including phenoxy) is 3. The molecule has 32 heavy (non-hydrogen) atoms. The zero-order valence-corrected chi connectivity index (χ0v) is 18.6. The van der Waals surface area contributed by atoms with Crippen LogP contribution in [0.15, 0.2) is 60.7 Å². The molecule has 0 N–H and O–H groups in total. The molecular weight excluding hydrogens is 408 g/mol. The lowest BCUT2D eigenvalue weighted by Gasteiger charge is -2.26. The van der Waals surface area contributed by atoms with Gasteiger partial charge in [-0.15, -0.1) is 0 Å². The first-order chi connectivity index (χ1) is 15.5. The Morgan fingerprint density at radius 1 is 0.938 bits per heavy atom. The molecule has 1 saturated heterocycles. The van der Waals surface area contributed by atoms with Crippen LogP contribution in [0.5, 0.6) is 0 Å². The molecule has 0 spiro atoms. The maximum absolute atomic E-state index is 12.7. The van der Waals surface area contributed by atoms with Gasteiger partial charge in [-0.3, -0.25) is 4.79 Å². The first-order valence-electron chi connectivity index (χ1n) is 11.1. The SMILES string of the molecule is CC(C)CCCC(OC(=O)c1ccccc1)C1C(=O)COC1COC(=O)c1ccccc1. The summed E-state index contributed by atoms with van der Waals surface area (Å²) in [5, 5.41) is 0. The second-order valence-electron chi connectivity index (χ2n) is 8.44. The number of carbonyl (C=O) groups excluding carboxylic acids is 3. The van der Waals surface area contributed by atoms with E-state index in [1.165, 1.54) is 0 Å². The van der Waals surface area contributed by atoms with Crippen molar-refractivity contribution in [3.05, 3.63) is 71.8 Å². The summed E-state index contributed by atoms with van der Waals surface area (Å²) in [7, 11) is 0. The first kappa shape index (κ1) is 23.7. The molecule has 3 unspecified atom stereocenters.